The summed E-state index contributed by atoms with van der Waals surface area (Å²) in [5.74, 6) is -0.216. The number of ether oxygens (including phenoxy) is 1. The summed E-state index contributed by atoms with van der Waals surface area (Å²) in [6.45, 7) is 3.73. The number of hydrogen-bond donors (Lipinski definition) is 0. The highest BCUT2D eigenvalue weighted by Crippen LogP contribution is 2.20. The van der Waals surface area contributed by atoms with E-state index in [0.29, 0.717) is 12.3 Å². The molecule has 0 aliphatic rings. The molecule has 132 valence electrons. The predicted octanol–water partition coefficient (Wildman–Crippen LogP) is 1.53. The SMILES string of the molecule is CCOc1ccc(-c2ccc(=O)n([C@@H](C(C)=O)C(=O)N(C)C)n2)cc1. The zero-order valence-electron chi connectivity index (χ0n) is 14.7. The zero-order chi connectivity index (χ0) is 18.6. The van der Waals surface area contributed by atoms with Crippen LogP contribution < -0.4 is 10.3 Å². The Hall–Kier alpha value is -2.96. The lowest BCUT2D eigenvalue weighted by atomic mass is 10.1. The number of rotatable bonds is 6. The Labute approximate surface area is 145 Å². The second-order valence-electron chi connectivity index (χ2n) is 5.70. The molecule has 0 fully saturated rings. The topological polar surface area (TPSA) is 81.5 Å². The van der Waals surface area contributed by atoms with Crippen molar-refractivity contribution in [3.63, 3.8) is 0 Å². The van der Waals surface area contributed by atoms with E-state index < -0.39 is 23.3 Å². The second kappa shape index (κ2) is 7.74. The van der Waals surface area contributed by atoms with Crippen LogP contribution in [-0.4, -0.2) is 47.1 Å². The maximum Gasteiger partial charge on any atom is 0.267 e. The average Bonchev–Trinajstić information content (AvgIpc) is 2.57. The summed E-state index contributed by atoms with van der Waals surface area (Å²) < 4.78 is 6.34. The fraction of sp³-hybridized carbons (Fsp3) is 0.333. The smallest absolute Gasteiger partial charge is 0.267 e. The van der Waals surface area contributed by atoms with E-state index in [4.69, 9.17) is 4.74 Å². The van der Waals surface area contributed by atoms with Crippen LogP contribution in [0.5, 0.6) is 5.75 Å². The van der Waals surface area contributed by atoms with E-state index in [2.05, 4.69) is 5.10 Å². The fourth-order valence-corrected chi connectivity index (χ4v) is 2.35. The number of ketones is 1. The van der Waals surface area contributed by atoms with Crippen LogP contribution in [0, 0.1) is 0 Å². The van der Waals surface area contributed by atoms with E-state index >= 15 is 0 Å². The maximum atomic E-state index is 12.3. The molecule has 2 rings (SSSR count). The molecule has 1 amide bonds. The molecule has 0 bridgehead atoms. The first kappa shape index (κ1) is 18.4. The van der Waals surface area contributed by atoms with Crippen LogP contribution in [0.4, 0.5) is 0 Å². The highest BCUT2D eigenvalue weighted by atomic mass is 16.5. The molecule has 0 saturated carbocycles. The van der Waals surface area contributed by atoms with E-state index in [-0.39, 0.29) is 0 Å². The Morgan fingerprint density at radius 2 is 1.80 bits per heavy atom. The molecule has 0 saturated heterocycles. The van der Waals surface area contributed by atoms with Crippen molar-refractivity contribution in [2.45, 2.75) is 19.9 Å². The van der Waals surface area contributed by atoms with Gasteiger partial charge in [0.05, 0.1) is 12.3 Å². The van der Waals surface area contributed by atoms with Gasteiger partial charge in [-0.25, -0.2) is 4.68 Å². The number of amides is 1. The Kier molecular flexibility index (Phi) is 5.69. The average molecular weight is 343 g/mol. The van der Waals surface area contributed by atoms with Crippen LogP contribution in [0.3, 0.4) is 0 Å². The summed E-state index contributed by atoms with van der Waals surface area (Å²) >= 11 is 0. The minimum atomic E-state index is -1.27. The number of aromatic nitrogens is 2. The van der Waals surface area contributed by atoms with Gasteiger partial charge in [-0.2, -0.15) is 5.10 Å². The van der Waals surface area contributed by atoms with Gasteiger partial charge in [-0.1, -0.05) is 0 Å². The molecule has 1 heterocycles. The Balaban J connectivity index is 2.47. The van der Waals surface area contributed by atoms with Crippen molar-refractivity contribution in [1.29, 1.82) is 0 Å². The molecule has 2 aromatic rings. The van der Waals surface area contributed by atoms with Gasteiger partial charge in [0, 0.05) is 25.7 Å². The van der Waals surface area contributed by atoms with Gasteiger partial charge < -0.3 is 9.64 Å². The molecule has 0 N–H and O–H groups in total. The van der Waals surface area contributed by atoms with Crippen molar-refractivity contribution in [3.8, 4) is 17.0 Å². The van der Waals surface area contributed by atoms with Gasteiger partial charge in [0.25, 0.3) is 11.5 Å². The number of hydrogen-bond acceptors (Lipinski definition) is 5. The van der Waals surface area contributed by atoms with Crippen LogP contribution >= 0.6 is 0 Å². The first-order valence-corrected chi connectivity index (χ1v) is 7.90. The Morgan fingerprint density at radius 3 is 2.32 bits per heavy atom. The third kappa shape index (κ3) is 4.12. The first-order chi connectivity index (χ1) is 11.8. The van der Waals surface area contributed by atoms with E-state index in [0.717, 1.165) is 16.0 Å². The maximum absolute atomic E-state index is 12.3. The predicted molar refractivity (Wildman–Crippen MR) is 93.5 cm³/mol. The first-order valence-electron chi connectivity index (χ1n) is 7.90. The lowest BCUT2D eigenvalue weighted by molar-refractivity contribution is -0.138. The molecule has 0 spiro atoms. The zero-order valence-corrected chi connectivity index (χ0v) is 14.7. The fourth-order valence-electron chi connectivity index (χ4n) is 2.35. The molecule has 1 aromatic carbocycles. The number of benzene rings is 1. The molecule has 1 atom stereocenters. The third-order valence-electron chi connectivity index (χ3n) is 3.59. The minimum Gasteiger partial charge on any atom is -0.494 e. The van der Waals surface area contributed by atoms with Gasteiger partial charge >= 0.3 is 0 Å². The molecule has 0 aliphatic carbocycles. The minimum absolute atomic E-state index is 0.447. The summed E-state index contributed by atoms with van der Waals surface area (Å²) in [5, 5.41) is 4.24. The van der Waals surface area contributed by atoms with Crippen LogP contribution in [0.1, 0.15) is 19.9 Å². The number of likely N-dealkylation sites (N-methyl/N-ethyl adjacent to an activating group) is 1. The highest BCUT2D eigenvalue weighted by molar-refractivity contribution is 6.02. The van der Waals surface area contributed by atoms with E-state index in [1.54, 1.807) is 30.3 Å². The van der Waals surface area contributed by atoms with Crippen molar-refractivity contribution in [1.82, 2.24) is 14.7 Å². The lowest BCUT2D eigenvalue weighted by Gasteiger charge is -2.19. The second-order valence-corrected chi connectivity index (χ2v) is 5.70. The monoisotopic (exact) mass is 343 g/mol. The molecule has 1 aromatic heterocycles. The van der Waals surface area contributed by atoms with Crippen LogP contribution in [0.15, 0.2) is 41.2 Å². The molecular weight excluding hydrogens is 322 g/mol. The number of nitrogens with zero attached hydrogens (tertiary/aromatic N) is 3. The summed E-state index contributed by atoms with van der Waals surface area (Å²) in [6.07, 6.45) is 0. The van der Waals surface area contributed by atoms with Crippen LogP contribution in [0.25, 0.3) is 11.3 Å². The van der Waals surface area contributed by atoms with Gasteiger partial charge in [0.15, 0.2) is 11.8 Å². The molecule has 0 aliphatic heterocycles. The molecule has 7 heteroatoms. The van der Waals surface area contributed by atoms with Crippen molar-refractivity contribution < 1.29 is 14.3 Å². The highest BCUT2D eigenvalue weighted by Gasteiger charge is 2.29. The van der Waals surface area contributed by atoms with Crippen molar-refractivity contribution in [3.05, 3.63) is 46.8 Å². The van der Waals surface area contributed by atoms with Crippen LogP contribution in [0.2, 0.25) is 0 Å². The number of carbonyl (C=O) groups excluding carboxylic acids is 2. The molecule has 0 unspecified atom stereocenters. The number of Topliss-reactive ketones (excluding diaryl/α,β-unsaturated/α-hetero) is 1. The molecular formula is C18H21N3O4. The van der Waals surface area contributed by atoms with E-state index in [9.17, 15) is 14.4 Å². The van der Waals surface area contributed by atoms with E-state index in [1.165, 1.54) is 32.0 Å². The Bertz CT molecular complexity index is 825. The van der Waals surface area contributed by atoms with E-state index in [1.807, 2.05) is 6.92 Å². The van der Waals surface area contributed by atoms with Gasteiger partial charge in [-0.05, 0) is 44.2 Å². The Morgan fingerprint density at radius 1 is 1.16 bits per heavy atom. The van der Waals surface area contributed by atoms with Gasteiger partial charge in [0.2, 0.25) is 0 Å². The normalized spacial score (nSPS) is 11.7. The van der Waals surface area contributed by atoms with Gasteiger partial charge in [0.1, 0.15) is 5.75 Å². The number of carbonyl (C=O) groups is 2. The largest absolute Gasteiger partial charge is 0.494 e. The summed E-state index contributed by atoms with van der Waals surface area (Å²) in [6, 6.07) is 8.79. The summed E-state index contributed by atoms with van der Waals surface area (Å²) in [5.41, 5.74) is 0.724. The van der Waals surface area contributed by atoms with Gasteiger partial charge in [-0.15, -0.1) is 0 Å². The quantitative estimate of drug-likeness (QED) is 0.743. The van der Waals surface area contributed by atoms with Crippen molar-refractivity contribution in [2.24, 2.45) is 0 Å². The molecule has 0 radical (unpaired) electrons. The van der Waals surface area contributed by atoms with Crippen LogP contribution in [-0.2, 0) is 9.59 Å². The molecule has 25 heavy (non-hydrogen) atoms. The van der Waals surface area contributed by atoms with Crippen molar-refractivity contribution >= 4 is 11.7 Å². The molecule has 7 nitrogen and oxygen atoms in total. The lowest BCUT2D eigenvalue weighted by Crippen LogP contribution is -2.41. The summed E-state index contributed by atoms with van der Waals surface area (Å²) in [4.78, 5) is 37.7. The summed E-state index contributed by atoms with van der Waals surface area (Å²) in [7, 11) is 3.05. The standard InChI is InChI=1S/C18H21N3O4/c1-5-25-14-8-6-13(7-9-14)15-10-11-16(23)21(19-15)17(12(2)22)18(24)20(3)4/h6-11,17H,5H2,1-4H3/t17-/m0/s1. The van der Waals surface area contributed by atoms with Crippen molar-refractivity contribution in [2.75, 3.05) is 20.7 Å². The van der Waals surface area contributed by atoms with Gasteiger partial charge in [-0.3, -0.25) is 14.4 Å². The third-order valence-corrected chi connectivity index (χ3v) is 3.59.